The average Bonchev–Trinajstić information content (AvgIpc) is 3.29. The molecule has 3 aromatic rings. The van der Waals surface area contributed by atoms with Gasteiger partial charge in [0.1, 0.15) is 0 Å². The molecule has 3 heterocycles. The minimum absolute atomic E-state index is 0.114. The Morgan fingerprint density at radius 3 is 2.63 bits per heavy atom. The van der Waals surface area contributed by atoms with Crippen molar-refractivity contribution in [3.63, 3.8) is 0 Å². The molecule has 0 saturated heterocycles. The van der Waals surface area contributed by atoms with Crippen LogP contribution in [0.4, 0.5) is 0 Å². The van der Waals surface area contributed by atoms with E-state index in [0.717, 1.165) is 17.7 Å². The molecule has 1 atom stereocenters. The van der Waals surface area contributed by atoms with E-state index in [4.69, 9.17) is 4.52 Å². The summed E-state index contributed by atoms with van der Waals surface area (Å²) >= 11 is 0. The van der Waals surface area contributed by atoms with E-state index in [1.54, 1.807) is 17.1 Å². The number of aromatic nitrogens is 5. The van der Waals surface area contributed by atoms with Gasteiger partial charge < -0.3 is 9.84 Å². The van der Waals surface area contributed by atoms with Crippen molar-refractivity contribution in [3.05, 3.63) is 41.6 Å². The minimum Gasteiger partial charge on any atom is -0.349 e. The van der Waals surface area contributed by atoms with Crippen LogP contribution in [0.3, 0.4) is 0 Å². The Kier molecular flexibility index (Phi) is 5.34. The van der Waals surface area contributed by atoms with Crippen molar-refractivity contribution in [2.75, 3.05) is 0 Å². The molecular weight excluding hydrogens is 344 g/mol. The molecule has 0 spiro atoms. The Balaban J connectivity index is 1.82. The van der Waals surface area contributed by atoms with Crippen molar-refractivity contribution < 1.29 is 9.32 Å². The summed E-state index contributed by atoms with van der Waals surface area (Å²) in [5.41, 5.74) is 2.01. The van der Waals surface area contributed by atoms with Crippen LogP contribution >= 0.6 is 0 Å². The van der Waals surface area contributed by atoms with E-state index in [1.165, 1.54) is 0 Å². The van der Waals surface area contributed by atoms with Crippen LogP contribution in [0.15, 0.2) is 29.0 Å². The van der Waals surface area contributed by atoms with Gasteiger partial charge in [0, 0.05) is 18.2 Å². The molecule has 8 nitrogen and oxygen atoms in total. The van der Waals surface area contributed by atoms with Crippen molar-refractivity contribution in [2.24, 2.45) is 0 Å². The highest BCUT2D eigenvalue weighted by Crippen LogP contribution is 2.21. The standard InChI is InChI=1S/C19H24N6O2/c1-6-12(4)22-18(26)15-10-21-25(13(15)5)16-8-7-14(9-20-16)19-23-17(11(2)3)24-27-19/h7-12H,6H2,1-5H3,(H,22,26)/t12-/m0/s1. The van der Waals surface area contributed by atoms with E-state index >= 15 is 0 Å². The Hall–Kier alpha value is -3.03. The number of nitrogens with zero attached hydrogens (tertiary/aromatic N) is 5. The van der Waals surface area contributed by atoms with E-state index in [0.29, 0.717) is 23.1 Å². The van der Waals surface area contributed by atoms with Crippen molar-refractivity contribution in [1.82, 2.24) is 30.2 Å². The third-order valence-electron chi connectivity index (χ3n) is 4.41. The van der Waals surface area contributed by atoms with E-state index in [1.807, 2.05) is 46.8 Å². The molecule has 8 heteroatoms. The molecule has 0 radical (unpaired) electrons. The summed E-state index contributed by atoms with van der Waals surface area (Å²) in [5.74, 6) is 1.78. The van der Waals surface area contributed by atoms with Gasteiger partial charge in [0.05, 0.1) is 23.0 Å². The molecule has 0 aliphatic heterocycles. The highest BCUT2D eigenvalue weighted by atomic mass is 16.5. The number of hydrogen-bond acceptors (Lipinski definition) is 6. The van der Waals surface area contributed by atoms with Crippen molar-refractivity contribution in [1.29, 1.82) is 0 Å². The van der Waals surface area contributed by atoms with Gasteiger partial charge in [-0.2, -0.15) is 10.1 Å². The summed E-state index contributed by atoms with van der Waals surface area (Å²) in [6.45, 7) is 9.86. The van der Waals surface area contributed by atoms with Crippen molar-refractivity contribution in [2.45, 2.75) is 53.0 Å². The quantitative estimate of drug-likeness (QED) is 0.717. The van der Waals surface area contributed by atoms with Crippen molar-refractivity contribution in [3.8, 4) is 17.3 Å². The number of hydrogen-bond donors (Lipinski definition) is 1. The van der Waals surface area contributed by atoms with Crippen LogP contribution < -0.4 is 5.32 Å². The van der Waals surface area contributed by atoms with Crippen molar-refractivity contribution >= 4 is 5.91 Å². The lowest BCUT2D eigenvalue weighted by Crippen LogP contribution is -2.32. The molecule has 0 saturated carbocycles. The van der Waals surface area contributed by atoms with E-state index in [2.05, 4.69) is 25.5 Å². The van der Waals surface area contributed by atoms with Crippen LogP contribution in [0.1, 0.15) is 61.9 Å². The summed E-state index contributed by atoms with van der Waals surface area (Å²) in [6, 6.07) is 3.77. The normalized spacial score (nSPS) is 12.4. The van der Waals surface area contributed by atoms with Crippen LogP contribution in [0.25, 0.3) is 17.3 Å². The molecule has 0 unspecified atom stereocenters. The maximum atomic E-state index is 12.4. The maximum Gasteiger partial charge on any atom is 0.259 e. The topological polar surface area (TPSA) is 98.7 Å². The lowest BCUT2D eigenvalue weighted by Gasteiger charge is -2.11. The molecule has 3 aromatic heterocycles. The van der Waals surface area contributed by atoms with Crippen LogP contribution in [-0.4, -0.2) is 36.9 Å². The van der Waals surface area contributed by atoms with Gasteiger partial charge in [0.2, 0.25) is 0 Å². The predicted molar refractivity (Wildman–Crippen MR) is 101 cm³/mol. The third kappa shape index (κ3) is 3.89. The smallest absolute Gasteiger partial charge is 0.259 e. The minimum atomic E-state index is -0.128. The van der Waals surface area contributed by atoms with Gasteiger partial charge >= 0.3 is 0 Å². The van der Waals surface area contributed by atoms with Crippen LogP contribution in [0, 0.1) is 6.92 Å². The Labute approximate surface area is 158 Å². The molecule has 27 heavy (non-hydrogen) atoms. The van der Waals surface area contributed by atoms with E-state index in [-0.39, 0.29) is 17.9 Å². The van der Waals surface area contributed by atoms with Gasteiger partial charge in [-0.3, -0.25) is 4.79 Å². The first-order chi connectivity index (χ1) is 12.9. The van der Waals surface area contributed by atoms with Gasteiger partial charge in [-0.15, -0.1) is 0 Å². The fourth-order valence-electron chi connectivity index (χ4n) is 2.49. The molecular formula is C19H24N6O2. The molecule has 3 rings (SSSR count). The van der Waals surface area contributed by atoms with Gasteiger partial charge in [-0.25, -0.2) is 9.67 Å². The zero-order chi connectivity index (χ0) is 19.6. The zero-order valence-electron chi connectivity index (χ0n) is 16.2. The number of rotatable bonds is 6. The van der Waals surface area contributed by atoms with Gasteiger partial charge in [-0.05, 0) is 32.4 Å². The van der Waals surface area contributed by atoms with Gasteiger partial charge in [0.15, 0.2) is 11.6 Å². The fraction of sp³-hybridized carbons (Fsp3) is 0.421. The number of carbonyl (C=O) groups excluding carboxylic acids is 1. The number of amides is 1. The average molecular weight is 368 g/mol. The summed E-state index contributed by atoms with van der Waals surface area (Å²) < 4.78 is 6.93. The zero-order valence-corrected chi connectivity index (χ0v) is 16.2. The summed E-state index contributed by atoms with van der Waals surface area (Å²) in [6.07, 6.45) is 4.10. The molecule has 0 aliphatic carbocycles. The molecule has 1 amide bonds. The SMILES string of the molecule is CC[C@H](C)NC(=O)c1cnn(-c2ccc(-c3nc(C(C)C)no3)cn2)c1C. The second-order valence-electron chi connectivity index (χ2n) is 6.86. The second kappa shape index (κ2) is 7.69. The Morgan fingerprint density at radius 2 is 2.04 bits per heavy atom. The molecule has 1 N–H and O–H groups in total. The van der Waals surface area contributed by atoms with Crippen LogP contribution in [-0.2, 0) is 0 Å². The highest BCUT2D eigenvalue weighted by Gasteiger charge is 2.17. The summed E-state index contributed by atoms with van der Waals surface area (Å²) in [5, 5.41) is 11.2. The monoisotopic (exact) mass is 368 g/mol. The number of nitrogens with one attached hydrogen (secondary N) is 1. The van der Waals surface area contributed by atoms with E-state index in [9.17, 15) is 4.79 Å². The predicted octanol–water partition coefficient (Wildman–Crippen LogP) is 3.28. The van der Waals surface area contributed by atoms with Crippen LogP contribution in [0.2, 0.25) is 0 Å². The first-order valence-corrected chi connectivity index (χ1v) is 9.06. The first kappa shape index (κ1) is 18.8. The maximum absolute atomic E-state index is 12.4. The fourth-order valence-corrected chi connectivity index (χ4v) is 2.49. The highest BCUT2D eigenvalue weighted by molar-refractivity contribution is 5.95. The largest absolute Gasteiger partial charge is 0.349 e. The molecule has 0 bridgehead atoms. The Bertz CT molecular complexity index is 926. The first-order valence-electron chi connectivity index (χ1n) is 9.06. The molecule has 142 valence electrons. The van der Waals surface area contributed by atoms with E-state index < -0.39 is 0 Å². The number of pyridine rings is 1. The molecule has 0 aliphatic rings. The summed E-state index contributed by atoms with van der Waals surface area (Å²) in [4.78, 5) is 21.2. The second-order valence-corrected chi connectivity index (χ2v) is 6.86. The third-order valence-corrected chi connectivity index (χ3v) is 4.41. The van der Waals surface area contributed by atoms with Gasteiger partial charge in [-0.1, -0.05) is 25.9 Å². The number of carbonyl (C=O) groups is 1. The van der Waals surface area contributed by atoms with Crippen LogP contribution in [0.5, 0.6) is 0 Å². The lowest BCUT2D eigenvalue weighted by atomic mass is 10.2. The lowest BCUT2D eigenvalue weighted by molar-refractivity contribution is 0.0938. The molecule has 0 fully saturated rings. The summed E-state index contributed by atoms with van der Waals surface area (Å²) in [7, 11) is 0. The Morgan fingerprint density at radius 1 is 1.26 bits per heavy atom. The van der Waals surface area contributed by atoms with Gasteiger partial charge in [0.25, 0.3) is 11.8 Å². The molecule has 0 aromatic carbocycles.